The summed E-state index contributed by atoms with van der Waals surface area (Å²) in [6.45, 7) is 1.97. The summed E-state index contributed by atoms with van der Waals surface area (Å²) < 4.78 is 0. The Hall–Kier alpha value is -3.06. The van der Waals surface area contributed by atoms with Gasteiger partial charge in [-0.15, -0.1) is 11.3 Å². The van der Waals surface area contributed by atoms with Crippen LogP contribution in [-0.4, -0.2) is 27.8 Å². The van der Waals surface area contributed by atoms with Gasteiger partial charge in [-0.3, -0.25) is 19.5 Å². The average Bonchev–Trinajstić information content (AvgIpc) is 3.24. The van der Waals surface area contributed by atoms with Crippen molar-refractivity contribution in [2.45, 2.75) is 51.1 Å². The molecule has 0 radical (unpaired) electrons. The van der Waals surface area contributed by atoms with E-state index in [1.54, 1.807) is 4.90 Å². The number of aryl methyl sites for hydroxylation is 1. The molecular formula is C24H26N4O2S. The summed E-state index contributed by atoms with van der Waals surface area (Å²) in [5.74, 6) is -0.505. The maximum Gasteiger partial charge on any atom is 0.279 e. The van der Waals surface area contributed by atoms with Gasteiger partial charge in [-0.25, -0.2) is 4.98 Å². The second-order valence-electron chi connectivity index (χ2n) is 7.82. The lowest BCUT2D eigenvalue weighted by atomic mass is 9.95. The van der Waals surface area contributed by atoms with E-state index >= 15 is 0 Å². The molecule has 1 aliphatic carbocycles. The molecule has 1 saturated carbocycles. The Labute approximate surface area is 186 Å². The summed E-state index contributed by atoms with van der Waals surface area (Å²) in [5.41, 5.74) is 1.84. The maximum absolute atomic E-state index is 13.7. The number of thiophene rings is 1. The lowest BCUT2D eigenvalue weighted by Crippen LogP contribution is -2.47. The normalized spacial score (nSPS) is 15.3. The molecule has 7 heteroatoms. The molecule has 0 spiro atoms. The van der Waals surface area contributed by atoms with E-state index in [2.05, 4.69) is 15.3 Å². The van der Waals surface area contributed by atoms with Crippen LogP contribution in [0.15, 0.2) is 60.4 Å². The van der Waals surface area contributed by atoms with Crippen molar-refractivity contribution in [3.63, 3.8) is 0 Å². The fourth-order valence-electron chi connectivity index (χ4n) is 4.05. The Morgan fingerprint density at radius 3 is 2.52 bits per heavy atom. The van der Waals surface area contributed by atoms with Crippen molar-refractivity contribution >= 4 is 28.8 Å². The molecule has 1 aliphatic rings. The molecule has 1 N–H and O–H groups in total. The molecule has 4 rings (SSSR count). The zero-order chi connectivity index (χ0) is 21.6. The van der Waals surface area contributed by atoms with Crippen LogP contribution in [0.2, 0.25) is 0 Å². The lowest BCUT2D eigenvalue weighted by Gasteiger charge is -2.33. The molecule has 0 bridgehead atoms. The Kier molecular flexibility index (Phi) is 6.72. The van der Waals surface area contributed by atoms with Gasteiger partial charge in [-0.05, 0) is 48.9 Å². The number of hydrogen-bond donors (Lipinski definition) is 1. The highest BCUT2D eigenvalue weighted by Gasteiger charge is 2.36. The second kappa shape index (κ2) is 9.83. The average molecular weight is 435 g/mol. The van der Waals surface area contributed by atoms with Gasteiger partial charge in [0.2, 0.25) is 5.91 Å². The minimum atomic E-state index is -0.779. The Morgan fingerprint density at radius 1 is 1.10 bits per heavy atom. The van der Waals surface area contributed by atoms with Gasteiger partial charge < -0.3 is 5.32 Å². The van der Waals surface area contributed by atoms with Crippen molar-refractivity contribution < 1.29 is 9.59 Å². The molecule has 1 aromatic carbocycles. The number of benzene rings is 1. The van der Waals surface area contributed by atoms with E-state index in [9.17, 15) is 9.59 Å². The van der Waals surface area contributed by atoms with Crippen molar-refractivity contribution in [2.75, 3.05) is 4.90 Å². The highest BCUT2D eigenvalue weighted by atomic mass is 32.1. The van der Waals surface area contributed by atoms with Gasteiger partial charge in [-0.1, -0.05) is 37.5 Å². The van der Waals surface area contributed by atoms with Gasteiger partial charge in [-0.2, -0.15) is 0 Å². The summed E-state index contributed by atoms with van der Waals surface area (Å²) in [6.07, 6.45) is 9.86. The van der Waals surface area contributed by atoms with Crippen molar-refractivity contribution in [2.24, 2.45) is 0 Å². The van der Waals surface area contributed by atoms with Crippen LogP contribution in [0.1, 0.15) is 59.1 Å². The number of carbonyl (C=O) groups excluding carboxylic acids is 2. The third kappa shape index (κ3) is 4.82. The zero-order valence-corrected chi connectivity index (χ0v) is 18.3. The van der Waals surface area contributed by atoms with Gasteiger partial charge in [0.15, 0.2) is 6.04 Å². The summed E-state index contributed by atoms with van der Waals surface area (Å²) in [7, 11) is 0. The SMILES string of the molecule is Cc1ccsc1C(C(=O)NC1CCCCC1)N(C(=O)c1cnccn1)c1ccccc1. The van der Waals surface area contributed by atoms with Crippen LogP contribution in [0.5, 0.6) is 0 Å². The summed E-state index contributed by atoms with van der Waals surface area (Å²) in [4.78, 5) is 38.0. The van der Waals surface area contributed by atoms with E-state index < -0.39 is 6.04 Å². The molecule has 3 aromatic rings. The van der Waals surface area contributed by atoms with E-state index in [1.165, 1.54) is 36.3 Å². The first-order valence-electron chi connectivity index (χ1n) is 10.6. The van der Waals surface area contributed by atoms with E-state index in [0.29, 0.717) is 5.69 Å². The number of rotatable bonds is 6. The number of carbonyl (C=O) groups is 2. The highest BCUT2D eigenvalue weighted by molar-refractivity contribution is 7.10. The van der Waals surface area contributed by atoms with Crippen LogP contribution >= 0.6 is 11.3 Å². The number of anilines is 1. The minimum Gasteiger partial charge on any atom is -0.351 e. The van der Waals surface area contributed by atoms with Crippen LogP contribution in [0.25, 0.3) is 0 Å². The lowest BCUT2D eigenvalue weighted by molar-refractivity contribution is -0.123. The minimum absolute atomic E-state index is 0.147. The van der Waals surface area contributed by atoms with Gasteiger partial charge in [0.05, 0.1) is 6.20 Å². The largest absolute Gasteiger partial charge is 0.351 e. The molecule has 1 atom stereocenters. The first-order valence-corrected chi connectivity index (χ1v) is 11.5. The molecule has 2 aromatic heterocycles. The van der Waals surface area contributed by atoms with Crippen LogP contribution < -0.4 is 10.2 Å². The standard InChI is InChI=1S/C24H26N4O2S/c1-17-12-15-31-22(17)21(23(29)27-18-8-4-2-5-9-18)28(19-10-6-3-7-11-19)24(30)20-16-25-13-14-26-20/h3,6-7,10-16,18,21H,2,4-5,8-9H2,1H3,(H,27,29). The van der Waals surface area contributed by atoms with Crippen molar-refractivity contribution in [1.29, 1.82) is 0 Å². The van der Waals surface area contributed by atoms with Crippen LogP contribution in [0, 0.1) is 6.92 Å². The Morgan fingerprint density at radius 2 is 1.87 bits per heavy atom. The van der Waals surface area contributed by atoms with E-state index in [4.69, 9.17) is 0 Å². The molecule has 1 fully saturated rings. The van der Waals surface area contributed by atoms with Gasteiger partial charge in [0, 0.05) is 29.0 Å². The number of nitrogens with one attached hydrogen (secondary N) is 1. The third-order valence-corrected chi connectivity index (χ3v) is 6.71. The maximum atomic E-state index is 13.7. The van der Waals surface area contributed by atoms with Crippen molar-refractivity contribution in [3.8, 4) is 0 Å². The first kappa shape index (κ1) is 21.2. The predicted octanol–water partition coefficient (Wildman–Crippen LogP) is 4.68. The van der Waals surface area contributed by atoms with Crippen LogP contribution in [0.4, 0.5) is 5.69 Å². The summed E-state index contributed by atoms with van der Waals surface area (Å²) in [5, 5.41) is 5.19. The quantitative estimate of drug-likeness (QED) is 0.611. The predicted molar refractivity (Wildman–Crippen MR) is 122 cm³/mol. The van der Waals surface area contributed by atoms with Gasteiger partial charge >= 0.3 is 0 Å². The fourth-order valence-corrected chi connectivity index (χ4v) is 5.06. The molecule has 0 aliphatic heterocycles. The van der Waals surface area contributed by atoms with Gasteiger partial charge in [0.25, 0.3) is 5.91 Å². The molecule has 1 unspecified atom stereocenters. The number of aromatic nitrogens is 2. The number of para-hydroxylation sites is 1. The smallest absolute Gasteiger partial charge is 0.279 e. The van der Waals surface area contributed by atoms with Crippen molar-refractivity contribution in [3.05, 3.63) is 76.5 Å². The van der Waals surface area contributed by atoms with Crippen LogP contribution in [0.3, 0.4) is 0 Å². The van der Waals surface area contributed by atoms with Crippen LogP contribution in [-0.2, 0) is 4.79 Å². The van der Waals surface area contributed by atoms with E-state index in [1.807, 2.05) is 48.7 Å². The summed E-state index contributed by atoms with van der Waals surface area (Å²) >= 11 is 1.49. The Balaban J connectivity index is 1.77. The highest BCUT2D eigenvalue weighted by Crippen LogP contribution is 2.34. The number of hydrogen-bond acceptors (Lipinski definition) is 5. The summed E-state index contributed by atoms with van der Waals surface area (Å²) in [6, 6.07) is 10.7. The van der Waals surface area contributed by atoms with E-state index in [0.717, 1.165) is 36.1 Å². The molecule has 2 heterocycles. The second-order valence-corrected chi connectivity index (χ2v) is 8.76. The molecular weight excluding hydrogens is 408 g/mol. The monoisotopic (exact) mass is 434 g/mol. The zero-order valence-electron chi connectivity index (χ0n) is 17.5. The molecule has 31 heavy (non-hydrogen) atoms. The topological polar surface area (TPSA) is 75.2 Å². The first-order chi connectivity index (χ1) is 15.1. The van der Waals surface area contributed by atoms with Gasteiger partial charge in [0.1, 0.15) is 5.69 Å². The number of nitrogens with zero attached hydrogens (tertiary/aromatic N) is 3. The fraction of sp³-hybridized carbons (Fsp3) is 0.333. The Bertz CT molecular complexity index is 1020. The molecule has 2 amide bonds. The molecule has 160 valence electrons. The third-order valence-electron chi connectivity index (χ3n) is 5.64. The number of amides is 2. The molecule has 0 saturated heterocycles. The van der Waals surface area contributed by atoms with Crippen molar-refractivity contribution in [1.82, 2.24) is 15.3 Å². The van der Waals surface area contributed by atoms with E-state index in [-0.39, 0.29) is 23.6 Å². The molecule has 6 nitrogen and oxygen atoms in total.